The van der Waals surface area contributed by atoms with Gasteiger partial charge in [-0.15, -0.1) is 0 Å². The molecule has 0 N–H and O–H groups in total. The molecule has 0 aliphatic carbocycles. The molecule has 0 unspecified atom stereocenters. The normalized spacial score (nSPS) is 12.1. The first-order chi connectivity index (χ1) is 4.43. The lowest BCUT2D eigenvalue weighted by atomic mass is 10.7. The molecule has 0 aromatic carbocycles. The molecule has 0 saturated heterocycles. The molecule has 1 aromatic rings. The number of thiophene rings is 1. The van der Waals surface area contributed by atoms with E-state index in [0.717, 1.165) is 0 Å². The highest BCUT2D eigenvalue weighted by atomic mass is 32.1. The Morgan fingerprint density at radius 1 is 1.67 bits per heavy atom. The summed E-state index contributed by atoms with van der Waals surface area (Å²) >= 11 is 1.87. The van der Waals surface area contributed by atoms with Gasteiger partial charge in [-0.2, -0.15) is 11.3 Å². The van der Waals surface area contributed by atoms with E-state index >= 15 is 0 Å². The van der Waals surface area contributed by atoms with Gasteiger partial charge >= 0.3 is 0 Å². The Hall–Kier alpha value is -0.343. The lowest BCUT2D eigenvalue weighted by Gasteiger charge is -1.82. The van der Waals surface area contributed by atoms with Crippen molar-refractivity contribution in [2.24, 2.45) is 0 Å². The van der Waals surface area contributed by atoms with Gasteiger partial charge in [0.05, 0.1) is 9.52 Å². The Balaban J connectivity index is 2.48. The molecular weight excluding hydrogens is 144 g/mol. The van der Waals surface area contributed by atoms with Gasteiger partial charge in [0, 0.05) is 0 Å². The molecule has 0 atom stereocenters. The molecule has 0 saturated carbocycles. The summed E-state index contributed by atoms with van der Waals surface area (Å²) in [6.45, 7) is 2.08. The van der Waals surface area contributed by atoms with E-state index in [1.165, 1.54) is 0 Å². The van der Waals surface area contributed by atoms with E-state index in [0.29, 0.717) is 0 Å². The zero-order chi connectivity index (χ0) is 6.53. The molecule has 2 heteroatoms. The molecule has 1 aromatic heterocycles. The number of allylic oxidation sites excluding steroid dienone is 1. The molecule has 0 spiro atoms. The van der Waals surface area contributed by atoms with E-state index in [1.807, 2.05) is 11.3 Å². The molecule has 0 aliphatic heterocycles. The molecular formula is C7H10SSi. The fourth-order valence-corrected chi connectivity index (χ4v) is 2.85. The molecule has 0 amide bonds. The van der Waals surface area contributed by atoms with Crippen LogP contribution in [0.2, 0.25) is 0 Å². The minimum atomic E-state index is -0.0312. The maximum Gasteiger partial charge on any atom is 0.0905 e. The van der Waals surface area contributed by atoms with E-state index in [-0.39, 0.29) is 9.52 Å². The van der Waals surface area contributed by atoms with Crippen molar-refractivity contribution in [2.45, 2.75) is 6.92 Å². The maximum atomic E-state index is 2.31. The van der Waals surface area contributed by atoms with Gasteiger partial charge in [-0.05, 0) is 16.8 Å². The summed E-state index contributed by atoms with van der Waals surface area (Å²) in [5.41, 5.74) is 2.31. The van der Waals surface area contributed by atoms with Crippen LogP contribution >= 0.6 is 11.3 Å². The van der Waals surface area contributed by atoms with E-state index in [4.69, 9.17) is 0 Å². The minimum Gasteiger partial charge on any atom is -0.154 e. The van der Waals surface area contributed by atoms with Crippen molar-refractivity contribution in [2.75, 3.05) is 0 Å². The lowest BCUT2D eigenvalue weighted by molar-refractivity contribution is 1.78. The van der Waals surface area contributed by atoms with Gasteiger partial charge in [0.15, 0.2) is 0 Å². The quantitative estimate of drug-likeness (QED) is 0.559. The predicted octanol–water partition coefficient (Wildman–Crippen LogP) is 1.08. The fraction of sp³-hybridized carbons (Fsp3) is 0.143. The van der Waals surface area contributed by atoms with Crippen LogP contribution in [0.25, 0.3) is 0 Å². The Labute approximate surface area is 62.1 Å². The topological polar surface area (TPSA) is 0 Å². The second-order valence-electron chi connectivity index (χ2n) is 1.85. The molecule has 0 nitrogen and oxygen atoms in total. The Morgan fingerprint density at radius 3 is 3.11 bits per heavy atom. The summed E-state index contributed by atoms with van der Waals surface area (Å²) in [7, 11) is -0.0312. The van der Waals surface area contributed by atoms with Gasteiger partial charge in [-0.25, -0.2) is 0 Å². The summed E-state index contributed by atoms with van der Waals surface area (Å²) in [5, 5.41) is 2.14. The molecule has 0 aliphatic rings. The van der Waals surface area contributed by atoms with Crippen LogP contribution in [0.4, 0.5) is 0 Å². The first-order valence-electron chi connectivity index (χ1n) is 3.07. The van der Waals surface area contributed by atoms with Gasteiger partial charge < -0.3 is 0 Å². The standard InChI is InChI=1S/C7H10SSi/c1-2-6-9-7-4-3-5-8-7/h2-6H,9H2,1H3. The molecule has 0 radical (unpaired) electrons. The van der Waals surface area contributed by atoms with Crippen LogP contribution in [0.5, 0.6) is 0 Å². The van der Waals surface area contributed by atoms with Gasteiger partial charge in [-0.3, -0.25) is 0 Å². The monoisotopic (exact) mass is 154 g/mol. The lowest BCUT2D eigenvalue weighted by Crippen LogP contribution is -2.04. The van der Waals surface area contributed by atoms with Crippen LogP contribution in [0.15, 0.2) is 29.3 Å². The molecule has 1 rings (SSSR count). The van der Waals surface area contributed by atoms with Crippen LogP contribution in [-0.4, -0.2) is 9.52 Å². The minimum absolute atomic E-state index is 0.0312. The summed E-state index contributed by atoms with van der Waals surface area (Å²) in [6.07, 6.45) is 2.14. The third-order valence-electron chi connectivity index (χ3n) is 1.13. The molecule has 48 valence electrons. The number of hydrogen-bond acceptors (Lipinski definition) is 1. The average molecular weight is 154 g/mol. The molecule has 0 fully saturated rings. The molecule has 9 heavy (non-hydrogen) atoms. The maximum absolute atomic E-state index is 2.31. The third-order valence-corrected chi connectivity index (χ3v) is 4.21. The number of hydrogen-bond donors (Lipinski definition) is 0. The smallest absolute Gasteiger partial charge is 0.0905 e. The van der Waals surface area contributed by atoms with Crippen molar-refractivity contribution >= 4 is 25.4 Å². The van der Waals surface area contributed by atoms with Gasteiger partial charge in [0.2, 0.25) is 0 Å². The van der Waals surface area contributed by atoms with Crippen LogP contribution in [0.3, 0.4) is 0 Å². The predicted molar refractivity (Wildman–Crippen MR) is 47.3 cm³/mol. The van der Waals surface area contributed by atoms with Crippen LogP contribution in [-0.2, 0) is 0 Å². The van der Waals surface area contributed by atoms with E-state index in [9.17, 15) is 0 Å². The van der Waals surface area contributed by atoms with Crippen molar-refractivity contribution in [1.29, 1.82) is 0 Å². The van der Waals surface area contributed by atoms with Crippen molar-refractivity contribution in [3.05, 3.63) is 29.3 Å². The zero-order valence-electron chi connectivity index (χ0n) is 5.50. The summed E-state index contributed by atoms with van der Waals surface area (Å²) < 4.78 is 1.58. The Morgan fingerprint density at radius 2 is 2.56 bits per heavy atom. The largest absolute Gasteiger partial charge is 0.154 e. The van der Waals surface area contributed by atoms with Crippen LogP contribution in [0.1, 0.15) is 6.92 Å². The molecule has 1 heterocycles. The number of rotatable bonds is 2. The SMILES string of the molecule is CC=C[SiH2]c1cccs1. The summed E-state index contributed by atoms with van der Waals surface area (Å²) in [4.78, 5) is 0. The Bertz CT molecular complexity index is 177. The summed E-state index contributed by atoms with van der Waals surface area (Å²) in [6, 6.07) is 4.34. The highest BCUT2D eigenvalue weighted by Crippen LogP contribution is 1.90. The van der Waals surface area contributed by atoms with Crippen molar-refractivity contribution in [1.82, 2.24) is 0 Å². The Kier molecular flexibility index (Phi) is 2.74. The van der Waals surface area contributed by atoms with Crippen molar-refractivity contribution in [3.63, 3.8) is 0 Å². The van der Waals surface area contributed by atoms with E-state index in [1.54, 1.807) is 4.50 Å². The van der Waals surface area contributed by atoms with E-state index in [2.05, 4.69) is 36.2 Å². The highest BCUT2D eigenvalue weighted by molar-refractivity contribution is 7.20. The van der Waals surface area contributed by atoms with E-state index < -0.39 is 0 Å². The third kappa shape index (κ3) is 2.16. The molecule has 0 bridgehead atoms. The first kappa shape index (κ1) is 6.77. The average Bonchev–Trinajstić information content (AvgIpc) is 2.34. The second kappa shape index (κ2) is 3.64. The fourth-order valence-electron chi connectivity index (χ4n) is 0.663. The van der Waals surface area contributed by atoms with Gasteiger partial charge in [0.25, 0.3) is 0 Å². The van der Waals surface area contributed by atoms with Crippen molar-refractivity contribution < 1.29 is 0 Å². The van der Waals surface area contributed by atoms with Crippen LogP contribution < -0.4 is 4.50 Å². The zero-order valence-corrected chi connectivity index (χ0v) is 7.73. The van der Waals surface area contributed by atoms with Crippen molar-refractivity contribution in [3.8, 4) is 0 Å². The summed E-state index contributed by atoms with van der Waals surface area (Å²) in [5.74, 6) is 0. The first-order valence-corrected chi connectivity index (χ1v) is 5.47. The van der Waals surface area contributed by atoms with Crippen LogP contribution in [0, 0.1) is 0 Å². The van der Waals surface area contributed by atoms with Gasteiger partial charge in [0.1, 0.15) is 0 Å². The van der Waals surface area contributed by atoms with Gasteiger partial charge in [-0.1, -0.05) is 23.9 Å². The second-order valence-corrected chi connectivity index (χ2v) is 5.04. The highest BCUT2D eigenvalue weighted by Gasteiger charge is 1.86.